The number of carbonyl (C=O) groups is 1. The lowest BCUT2D eigenvalue weighted by atomic mass is 10.2. The maximum atomic E-state index is 13.1. The molecule has 0 spiro atoms. The molecule has 1 aliphatic heterocycles. The van der Waals surface area contributed by atoms with E-state index in [0.717, 1.165) is 0 Å². The van der Waals surface area contributed by atoms with Crippen LogP contribution in [-0.2, 0) is 10.0 Å². The highest BCUT2D eigenvalue weighted by molar-refractivity contribution is 7.89. The lowest BCUT2D eigenvalue weighted by molar-refractivity contribution is -0.588. The molecule has 0 atom stereocenters. The third-order valence-corrected chi connectivity index (χ3v) is 7.24. The SMILES string of the molecule is C#Cc1ccc2[nH]c(S(=O)(=O)N3CCN(C(=O)c4oc5cccnc5[n+]4[O-])CC3)cc2c1. The Balaban J connectivity index is 1.34. The molecule has 1 aliphatic rings. The Kier molecular flexibility index (Phi) is 4.61. The summed E-state index contributed by atoms with van der Waals surface area (Å²) in [5.74, 6) is 1.52. The van der Waals surface area contributed by atoms with Gasteiger partial charge in [0.1, 0.15) is 11.2 Å². The number of hydrogen-bond donors (Lipinski definition) is 1. The van der Waals surface area contributed by atoms with Gasteiger partial charge in [-0.3, -0.25) is 4.79 Å². The molecular weight excluding hydrogens is 434 g/mol. The predicted octanol–water partition coefficient (Wildman–Crippen LogP) is 1.07. The summed E-state index contributed by atoms with van der Waals surface area (Å²) in [4.78, 5) is 21.0. The van der Waals surface area contributed by atoms with Crippen LogP contribution < -0.4 is 4.73 Å². The van der Waals surface area contributed by atoms with Gasteiger partial charge in [-0.05, 0) is 41.4 Å². The Morgan fingerprint density at radius 2 is 2.00 bits per heavy atom. The molecule has 0 saturated carbocycles. The molecule has 10 nitrogen and oxygen atoms in total. The summed E-state index contributed by atoms with van der Waals surface area (Å²) < 4.78 is 33.2. The van der Waals surface area contributed by atoms with E-state index in [0.29, 0.717) is 21.2 Å². The number of nitrogens with one attached hydrogen (secondary N) is 1. The van der Waals surface area contributed by atoms with Gasteiger partial charge in [0.25, 0.3) is 10.0 Å². The number of nitrogens with zero attached hydrogens (tertiary/aromatic N) is 4. The van der Waals surface area contributed by atoms with Crippen LogP contribution >= 0.6 is 0 Å². The highest BCUT2D eigenvalue weighted by atomic mass is 32.2. The van der Waals surface area contributed by atoms with Crippen LogP contribution in [0.1, 0.15) is 16.2 Å². The molecule has 1 saturated heterocycles. The normalized spacial score (nSPS) is 15.3. The largest absolute Gasteiger partial charge is 0.708 e. The van der Waals surface area contributed by atoms with Crippen molar-refractivity contribution in [2.24, 2.45) is 0 Å². The molecular formula is C21H17N5O5S. The smallest absolute Gasteiger partial charge is 0.372 e. The van der Waals surface area contributed by atoms with Crippen LogP contribution in [0.2, 0.25) is 0 Å². The van der Waals surface area contributed by atoms with Gasteiger partial charge in [0.05, 0.1) is 0 Å². The Morgan fingerprint density at radius 3 is 2.72 bits per heavy atom. The second-order valence-electron chi connectivity index (χ2n) is 7.30. The molecule has 3 aromatic heterocycles. The average Bonchev–Trinajstić information content (AvgIpc) is 3.40. The minimum atomic E-state index is -3.80. The van der Waals surface area contributed by atoms with Gasteiger partial charge < -0.3 is 19.5 Å². The molecule has 1 fully saturated rings. The molecule has 162 valence electrons. The van der Waals surface area contributed by atoms with Crippen molar-refractivity contribution in [1.29, 1.82) is 0 Å². The Morgan fingerprint density at radius 1 is 1.22 bits per heavy atom. The standard InChI is InChI=1S/C21H17N5O5S/c1-2-14-5-6-16-15(12-14)13-18(23-16)32(29,30)25-10-8-24(9-11-25)20(27)21-26(28)19-17(31-21)4-3-7-22-19/h1,3-7,12-13,23H,8-11H2. The summed E-state index contributed by atoms with van der Waals surface area (Å²) >= 11 is 0. The fraction of sp³-hybridized carbons (Fsp3) is 0.190. The summed E-state index contributed by atoms with van der Waals surface area (Å²) in [6.07, 6.45) is 6.84. The number of H-pyrrole nitrogens is 1. The first-order chi connectivity index (χ1) is 15.4. The van der Waals surface area contributed by atoms with Gasteiger partial charge in [-0.2, -0.15) is 9.04 Å². The number of aromatic nitrogens is 3. The number of hydrogen-bond acceptors (Lipinski definition) is 6. The number of fused-ring (bicyclic) bond motifs is 2. The van der Waals surface area contributed by atoms with Crippen LogP contribution in [0.3, 0.4) is 0 Å². The minimum Gasteiger partial charge on any atom is -0.708 e. The Hall–Kier alpha value is -3.88. The van der Waals surface area contributed by atoms with Gasteiger partial charge in [0.2, 0.25) is 5.58 Å². The third-order valence-electron chi connectivity index (χ3n) is 5.42. The van der Waals surface area contributed by atoms with Crippen molar-refractivity contribution in [3.63, 3.8) is 0 Å². The third kappa shape index (κ3) is 3.17. The van der Waals surface area contributed by atoms with Crippen molar-refractivity contribution in [1.82, 2.24) is 19.2 Å². The van der Waals surface area contributed by atoms with E-state index in [1.54, 1.807) is 36.4 Å². The first kappa shape index (κ1) is 20.0. The number of sulfonamides is 1. The fourth-order valence-corrected chi connectivity index (χ4v) is 5.16. The molecule has 11 heteroatoms. The first-order valence-corrected chi connectivity index (χ1v) is 11.2. The molecule has 1 N–H and O–H groups in total. The second-order valence-corrected chi connectivity index (χ2v) is 9.21. The second kappa shape index (κ2) is 7.37. The quantitative estimate of drug-likeness (QED) is 0.282. The number of carbonyl (C=O) groups excluding carboxylic acids is 1. The molecule has 0 bridgehead atoms. The van der Waals surface area contributed by atoms with Crippen LogP contribution in [0.15, 0.2) is 52.0 Å². The van der Waals surface area contributed by atoms with Crippen LogP contribution in [-0.4, -0.2) is 59.7 Å². The zero-order valence-corrected chi connectivity index (χ0v) is 17.5. The number of terminal acetylenes is 1. The number of piperazine rings is 1. The van der Waals surface area contributed by atoms with Crippen molar-refractivity contribution in [3.8, 4) is 12.3 Å². The van der Waals surface area contributed by atoms with Crippen LogP contribution in [0.25, 0.3) is 22.1 Å². The van der Waals surface area contributed by atoms with Crippen molar-refractivity contribution in [2.45, 2.75) is 5.03 Å². The van der Waals surface area contributed by atoms with E-state index in [2.05, 4.69) is 15.9 Å². The number of aromatic amines is 1. The highest BCUT2D eigenvalue weighted by Gasteiger charge is 2.34. The molecule has 0 aliphatic carbocycles. The van der Waals surface area contributed by atoms with Gasteiger partial charge in [0.15, 0.2) is 0 Å². The van der Waals surface area contributed by atoms with Gasteiger partial charge in [-0.1, -0.05) is 5.92 Å². The molecule has 4 aromatic rings. The van der Waals surface area contributed by atoms with Crippen LogP contribution in [0.4, 0.5) is 0 Å². The lowest BCUT2D eigenvalue weighted by Gasteiger charge is -2.32. The van der Waals surface area contributed by atoms with Crippen molar-refractivity contribution in [2.75, 3.05) is 26.2 Å². The molecule has 32 heavy (non-hydrogen) atoms. The van der Waals surface area contributed by atoms with E-state index in [-0.39, 0.29) is 42.4 Å². The molecule has 0 radical (unpaired) electrons. The summed E-state index contributed by atoms with van der Waals surface area (Å²) in [5, 5.41) is 13.1. The molecule has 1 amide bonds. The van der Waals surface area contributed by atoms with Crippen LogP contribution in [0.5, 0.6) is 0 Å². The Labute approximate surface area is 182 Å². The topological polar surface area (TPSA) is 126 Å². The van der Waals surface area contributed by atoms with E-state index in [4.69, 9.17) is 10.8 Å². The highest BCUT2D eigenvalue weighted by Crippen LogP contribution is 2.24. The summed E-state index contributed by atoms with van der Waals surface area (Å²) in [5.41, 5.74) is 1.54. The monoisotopic (exact) mass is 451 g/mol. The van der Waals surface area contributed by atoms with E-state index >= 15 is 0 Å². The lowest BCUT2D eigenvalue weighted by Crippen LogP contribution is -2.52. The van der Waals surface area contributed by atoms with E-state index < -0.39 is 21.8 Å². The zero-order valence-electron chi connectivity index (χ0n) is 16.7. The van der Waals surface area contributed by atoms with Gasteiger partial charge in [-0.15, -0.1) is 6.42 Å². The van der Waals surface area contributed by atoms with E-state index in [1.165, 1.54) is 15.4 Å². The van der Waals surface area contributed by atoms with Crippen molar-refractivity contribution in [3.05, 3.63) is 59.3 Å². The molecule has 4 heterocycles. The van der Waals surface area contributed by atoms with Gasteiger partial charge in [-0.25, -0.2) is 8.42 Å². The summed E-state index contributed by atoms with van der Waals surface area (Å²) in [6.45, 7) is 0.390. The number of oxazole rings is 1. The van der Waals surface area contributed by atoms with Crippen molar-refractivity contribution < 1.29 is 22.4 Å². The number of rotatable bonds is 3. The van der Waals surface area contributed by atoms with Crippen molar-refractivity contribution >= 4 is 38.1 Å². The zero-order chi connectivity index (χ0) is 22.5. The van der Waals surface area contributed by atoms with Gasteiger partial charge >= 0.3 is 17.4 Å². The average molecular weight is 451 g/mol. The molecule has 1 aromatic carbocycles. The molecule has 5 rings (SSSR count). The number of amides is 1. The minimum absolute atomic E-state index is 0.0175. The Bertz CT molecular complexity index is 1510. The van der Waals surface area contributed by atoms with Gasteiger partial charge in [0, 0.05) is 42.6 Å². The first-order valence-electron chi connectivity index (χ1n) is 9.74. The summed E-state index contributed by atoms with van der Waals surface area (Å²) in [6, 6.07) is 9.90. The maximum absolute atomic E-state index is 13.1. The van der Waals surface area contributed by atoms with E-state index in [1.807, 2.05) is 0 Å². The maximum Gasteiger partial charge on any atom is 0.372 e. The number of benzene rings is 1. The number of pyridine rings is 1. The summed E-state index contributed by atoms with van der Waals surface area (Å²) in [7, 11) is -3.80. The van der Waals surface area contributed by atoms with Crippen LogP contribution in [0, 0.1) is 17.6 Å². The molecule has 0 unspecified atom stereocenters. The van der Waals surface area contributed by atoms with E-state index in [9.17, 15) is 18.4 Å². The fourth-order valence-electron chi connectivity index (χ4n) is 3.73. The predicted molar refractivity (Wildman–Crippen MR) is 114 cm³/mol.